The Morgan fingerprint density at radius 3 is 2.38 bits per heavy atom. The van der Waals surface area contributed by atoms with Gasteiger partial charge in [0.1, 0.15) is 23.0 Å². The van der Waals surface area contributed by atoms with Crippen LogP contribution in [0.2, 0.25) is 0 Å². The van der Waals surface area contributed by atoms with Gasteiger partial charge in [0.2, 0.25) is 0 Å². The van der Waals surface area contributed by atoms with E-state index in [9.17, 15) is 13.6 Å². The summed E-state index contributed by atoms with van der Waals surface area (Å²) in [5.74, 6) is -0.0770. The molecule has 0 radical (unpaired) electrons. The number of aliphatic imine (C=N–C) groups is 1. The Kier molecular flexibility index (Phi) is 8.48. The molecule has 0 spiro atoms. The summed E-state index contributed by atoms with van der Waals surface area (Å²) in [6.07, 6.45) is 3.59. The first kappa shape index (κ1) is 29.1. The predicted octanol–water partition coefficient (Wildman–Crippen LogP) is 5.46. The van der Waals surface area contributed by atoms with Gasteiger partial charge in [0.25, 0.3) is 5.91 Å². The first-order valence-electron chi connectivity index (χ1n) is 12.7. The van der Waals surface area contributed by atoms with Gasteiger partial charge >= 0.3 is 0 Å². The molecule has 1 fully saturated rings. The van der Waals surface area contributed by atoms with Crippen molar-refractivity contribution in [3.05, 3.63) is 71.0 Å². The molecule has 0 saturated heterocycles. The lowest BCUT2D eigenvalue weighted by atomic mass is 9.99. The highest BCUT2D eigenvalue weighted by molar-refractivity contribution is 7.98. The van der Waals surface area contributed by atoms with Crippen molar-refractivity contribution in [2.24, 2.45) is 18.0 Å². The highest BCUT2D eigenvalue weighted by Crippen LogP contribution is 2.44. The first-order chi connectivity index (χ1) is 18.9. The fraction of sp³-hybridized carbons (Fsp3) is 0.357. The maximum Gasteiger partial charge on any atom is 0.271 e. The predicted molar refractivity (Wildman–Crippen MR) is 157 cm³/mol. The molecule has 0 unspecified atom stereocenters. The number of amides is 1. The topological polar surface area (TPSA) is 94.4 Å². The van der Waals surface area contributed by atoms with E-state index in [2.05, 4.69) is 27.2 Å². The second kappa shape index (κ2) is 11.7. The molecular formula is C28H34F2N8OS. The summed E-state index contributed by atoms with van der Waals surface area (Å²) in [7, 11) is 6.64. The van der Waals surface area contributed by atoms with Crippen molar-refractivity contribution in [3.8, 4) is 0 Å². The molecule has 9 nitrogen and oxygen atoms in total. The number of thioether (sulfide) groups is 1. The molecule has 12 heteroatoms. The Morgan fingerprint density at radius 1 is 1.20 bits per heavy atom. The molecule has 3 aromatic rings. The average Bonchev–Trinajstić information content (AvgIpc) is 3.52. The van der Waals surface area contributed by atoms with Crippen LogP contribution in [-0.4, -0.2) is 64.0 Å². The van der Waals surface area contributed by atoms with Crippen LogP contribution in [-0.2, 0) is 7.05 Å². The van der Waals surface area contributed by atoms with Crippen molar-refractivity contribution in [2.75, 3.05) is 37.6 Å². The van der Waals surface area contributed by atoms with Crippen molar-refractivity contribution in [1.29, 1.82) is 0 Å². The highest BCUT2D eigenvalue weighted by atomic mass is 32.2. The number of H-pyrrole nitrogens is 1. The Labute approximate surface area is 237 Å². The Morgan fingerprint density at radius 2 is 1.85 bits per heavy atom. The number of nitrogens with one attached hydrogen (secondary N) is 2. The first-order valence-corrected chi connectivity index (χ1v) is 13.9. The van der Waals surface area contributed by atoms with Crippen LogP contribution in [0.1, 0.15) is 41.6 Å². The quantitative estimate of drug-likeness (QED) is 0.154. The van der Waals surface area contributed by atoms with E-state index in [0.29, 0.717) is 39.3 Å². The molecule has 1 aromatic carbocycles. The van der Waals surface area contributed by atoms with Gasteiger partial charge in [0, 0.05) is 56.0 Å². The molecule has 4 rings (SSSR count). The maximum absolute atomic E-state index is 15.0. The average molecular weight is 569 g/mol. The molecule has 40 heavy (non-hydrogen) atoms. The van der Waals surface area contributed by atoms with Crippen molar-refractivity contribution in [3.63, 3.8) is 0 Å². The number of halogens is 2. The number of allylic oxidation sites excluding steroid dienone is 2. The monoisotopic (exact) mass is 568 g/mol. The Hall–Kier alpha value is -3.93. The van der Waals surface area contributed by atoms with E-state index in [4.69, 9.17) is 4.99 Å². The minimum atomic E-state index is -0.679. The molecule has 212 valence electrons. The number of hydrogen-bond acceptors (Lipinski definition) is 6. The van der Waals surface area contributed by atoms with Crippen LogP contribution >= 0.6 is 11.8 Å². The van der Waals surface area contributed by atoms with Gasteiger partial charge in [0.15, 0.2) is 17.5 Å². The third-order valence-electron chi connectivity index (χ3n) is 6.65. The third kappa shape index (κ3) is 6.11. The van der Waals surface area contributed by atoms with Gasteiger partial charge in [-0.25, -0.2) is 13.8 Å². The zero-order chi connectivity index (χ0) is 29.3. The molecule has 0 bridgehead atoms. The number of hydrogen-bond donors (Lipinski definition) is 2. The van der Waals surface area contributed by atoms with Crippen LogP contribution in [0.5, 0.6) is 0 Å². The molecule has 1 aliphatic carbocycles. The van der Waals surface area contributed by atoms with Crippen LogP contribution in [0.15, 0.2) is 52.1 Å². The van der Waals surface area contributed by atoms with Crippen LogP contribution < -0.4 is 10.2 Å². The highest BCUT2D eigenvalue weighted by Gasteiger charge is 2.33. The number of aromatic nitrogens is 4. The van der Waals surface area contributed by atoms with Gasteiger partial charge in [-0.15, -0.1) is 11.8 Å². The van der Waals surface area contributed by atoms with Gasteiger partial charge in [-0.3, -0.25) is 14.6 Å². The second-order valence-electron chi connectivity index (χ2n) is 9.97. The van der Waals surface area contributed by atoms with Gasteiger partial charge in [-0.1, -0.05) is 6.58 Å². The van der Waals surface area contributed by atoms with Gasteiger partial charge in [-0.05, 0) is 57.1 Å². The normalized spacial score (nSPS) is 14.2. The second-order valence-corrected chi connectivity index (χ2v) is 10.9. The molecular weight excluding hydrogens is 534 g/mol. The molecule has 1 saturated carbocycles. The standard InChI is InChI=1S/C28H34F2N8OS/c1-15-11-24(34-33-15)32-27(31-17(3)37(6)26-20(29)12-19(40-8)13-21(26)30)25(18-9-10-18)16(2)22-14-23(38(7)35-22)28(39)36(4)5/h11-14,18H,2,9-10H2,1,3-8H3,(H2,32,33,34)/b27-25-,31-17+. The number of carbonyl (C=O) groups is 1. The lowest BCUT2D eigenvalue weighted by Gasteiger charge is -2.22. The molecule has 0 aliphatic heterocycles. The van der Waals surface area contributed by atoms with E-state index >= 15 is 0 Å². The Bertz CT molecular complexity index is 1490. The molecule has 2 N–H and O–H groups in total. The number of amidine groups is 1. The summed E-state index contributed by atoms with van der Waals surface area (Å²) in [6, 6.07) is 6.15. The van der Waals surface area contributed by atoms with Crippen molar-refractivity contribution >= 4 is 40.6 Å². The number of benzene rings is 1. The fourth-order valence-electron chi connectivity index (χ4n) is 4.27. The lowest BCUT2D eigenvalue weighted by Crippen LogP contribution is -2.26. The zero-order valence-electron chi connectivity index (χ0n) is 23.8. The van der Waals surface area contributed by atoms with Crippen LogP contribution in [0.25, 0.3) is 5.57 Å². The molecule has 2 heterocycles. The number of carbonyl (C=O) groups excluding carboxylic acids is 1. The van der Waals surface area contributed by atoms with Gasteiger partial charge < -0.3 is 15.1 Å². The largest absolute Gasteiger partial charge is 0.343 e. The molecule has 2 aromatic heterocycles. The fourth-order valence-corrected chi connectivity index (χ4v) is 4.72. The number of nitrogens with zero attached hydrogens (tertiary/aromatic N) is 6. The van der Waals surface area contributed by atoms with E-state index in [0.717, 1.165) is 24.1 Å². The van der Waals surface area contributed by atoms with E-state index in [1.807, 2.05) is 13.0 Å². The summed E-state index contributed by atoms with van der Waals surface area (Å²) in [5.41, 5.74) is 3.02. The summed E-state index contributed by atoms with van der Waals surface area (Å²) < 4.78 is 31.4. The van der Waals surface area contributed by atoms with E-state index in [1.54, 1.807) is 47.4 Å². The molecule has 1 aliphatic rings. The smallest absolute Gasteiger partial charge is 0.271 e. The van der Waals surface area contributed by atoms with Crippen molar-refractivity contribution < 1.29 is 13.6 Å². The third-order valence-corrected chi connectivity index (χ3v) is 7.36. The van der Waals surface area contributed by atoms with Crippen molar-refractivity contribution in [2.45, 2.75) is 31.6 Å². The number of rotatable bonds is 9. The molecule has 1 amide bonds. The summed E-state index contributed by atoms with van der Waals surface area (Å²) in [4.78, 5) is 20.8. The minimum absolute atomic E-state index is 0.140. The zero-order valence-corrected chi connectivity index (χ0v) is 24.6. The summed E-state index contributed by atoms with van der Waals surface area (Å²) in [6.45, 7) is 7.90. The summed E-state index contributed by atoms with van der Waals surface area (Å²) in [5, 5.41) is 15.0. The van der Waals surface area contributed by atoms with E-state index in [1.165, 1.54) is 38.4 Å². The van der Waals surface area contributed by atoms with Crippen LogP contribution in [0, 0.1) is 24.5 Å². The SMILES string of the molecule is C=C(/C(=C(\N=C(/C)N(C)c1c(F)cc(SC)cc1F)Nc1cc(C)[nH]n1)C1CC1)c1cc(C(=O)N(C)C)n(C)n1. The van der Waals surface area contributed by atoms with Crippen LogP contribution in [0.4, 0.5) is 20.3 Å². The minimum Gasteiger partial charge on any atom is -0.343 e. The number of aryl methyl sites for hydroxylation is 2. The van der Waals surface area contributed by atoms with Crippen LogP contribution in [0.3, 0.4) is 0 Å². The van der Waals surface area contributed by atoms with E-state index in [-0.39, 0.29) is 17.5 Å². The summed E-state index contributed by atoms with van der Waals surface area (Å²) >= 11 is 1.26. The molecule has 0 atom stereocenters. The number of aromatic amines is 1. The van der Waals surface area contributed by atoms with E-state index < -0.39 is 11.6 Å². The van der Waals surface area contributed by atoms with Gasteiger partial charge in [-0.2, -0.15) is 10.2 Å². The maximum atomic E-state index is 15.0. The van der Waals surface area contributed by atoms with Gasteiger partial charge in [0.05, 0.1) is 5.69 Å². The number of anilines is 2. The lowest BCUT2D eigenvalue weighted by molar-refractivity contribution is 0.0817. The Balaban J connectivity index is 1.82. The van der Waals surface area contributed by atoms with Crippen molar-refractivity contribution in [1.82, 2.24) is 24.9 Å².